The van der Waals surface area contributed by atoms with E-state index >= 15 is 0 Å². The van der Waals surface area contributed by atoms with Gasteiger partial charge in [0.25, 0.3) is 0 Å². The van der Waals surface area contributed by atoms with Crippen molar-refractivity contribution in [2.75, 3.05) is 13.1 Å². The molecule has 1 aliphatic heterocycles. The summed E-state index contributed by atoms with van der Waals surface area (Å²) in [4.78, 5) is 15.4. The quantitative estimate of drug-likeness (QED) is 0.735. The van der Waals surface area contributed by atoms with E-state index in [1.54, 1.807) is 0 Å². The number of aryl methyl sites for hydroxylation is 1. The number of imidazole rings is 1. The van der Waals surface area contributed by atoms with Crippen molar-refractivity contribution in [1.82, 2.24) is 20.2 Å². The Balaban J connectivity index is 2.02. The predicted octanol–water partition coefficient (Wildman–Crippen LogP) is 0.428. The van der Waals surface area contributed by atoms with E-state index in [-0.39, 0.29) is 18.5 Å². The molecule has 0 spiro atoms. The highest BCUT2D eigenvalue weighted by atomic mass is 19.4. The number of carbonyl (C=O) groups excluding carboxylic acids is 1. The van der Waals surface area contributed by atoms with Crippen molar-refractivity contribution in [3.8, 4) is 0 Å². The number of amides is 1. The minimum Gasteiger partial charge on any atom is -0.374 e. The van der Waals surface area contributed by atoms with Crippen LogP contribution in [-0.2, 0) is 17.4 Å². The standard InChI is InChI=1S/C13H19F3N4O2/c1-20-8-7-19-11(20)12(22,13(14,15)16)4-6-18-10(21)9-3-2-5-17-9/h7-9,17,22H,2-6H2,1H3,(H,18,21)/t9-,12-/m0/s1. The Hall–Kier alpha value is -1.61. The summed E-state index contributed by atoms with van der Waals surface area (Å²) in [5.74, 6) is -0.838. The van der Waals surface area contributed by atoms with Crippen LogP contribution in [0, 0.1) is 0 Å². The average molecular weight is 320 g/mol. The summed E-state index contributed by atoms with van der Waals surface area (Å²) < 4.78 is 40.9. The summed E-state index contributed by atoms with van der Waals surface area (Å²) in [5, 5.41) is 15.5. The molecule has 1 aromatic rings. The molecule has 9 heteroatoms. The molecule has 6 nitrogen and oxygen atoms in total. The van der Waals surface area contributed by atoms with E-state index in [0.717, 1.165) is 17.5 Å². The van der Waals surface area contributed by atoms with Gasteiger partial charge in [-0.05, 0) is 19.4 Å². The van der Waals surface area contributed by atoms with Crippen molar-refractivity contribution in [2.24, 2.45) is 7.05 Å². The number of nitrogens with one attached hydrogen (secondary N) is 2. The molecule has 0 unspecified atom stereocenters. The number of aliphatic hydroxyl groups is 1. The minimum atomic E-state index is -4.89. The first kappa shape index (κ1) is 16.8. The smallest absolute Gasteiger partial charge is 0.374 e. The van der Waals surface area contributed by atoms with Crippen LogP contribution in [0.25, 0.3) is 0 Å². The first-order chi connectivity index (χ1) is 10.3. The zero-order valence-electron chi connectivity index (χ0n) is 12.2. The Morgan fingerprint density at radius 2 is 2.32 bits per heavy atom. The number of halogens is 3. The first-order valence-electron chi connectivity index (χ1n) is 7.04. The zero-order valence-corrected chi connectivity index (χ0v) is 12.2. The van der Waals surface area contributed by atoms with Crippen molar-refractivity contribution in [3.63, 3.8) is 0 Å². The number of nitrogens with zero attached hydrogens (tertiary/aromatic N) is 2. The second kappa shape index (κ2) is 6.25. The van der Waals surface area contributed by atoms with E-state index in [2.05, 4.69) is 15.6 Å². The molecule has 0 saturated carbocycles. The third-order valence-corrected chi connectivity index (χ3v) is 3.82. The molecule has 0 aliphatic carbocycles. The predicted molar refractivity (Wildman–Crippen MR) is 71.8 cm³/mol. The van der Waals surface area contributed by atoms with Gasteiger partial charge in [-0.2, -0.15) is 13.2 Å². The van der Waals surface area contributed by atoms with Crippen LogP contribution in [0.3, 0.4) is 0 Å². The minimum absolute atomic E-state index is 0.292. The van der Waals surface area contributed by atoms with E-state index in [1.165, 1.54) is 19.4 Å². The monoisotopic (exact) mass is 320 g/mol. The number of hydrogen-bond donors (Lipinski definition) is 3. The molecule has 0 bridgehead atoms. The van der Waals surface area contributed by atoms with Crippen LogP contribution in [0.1, 0.15) is 25.1 Å². The summed E-state index contributed by atoms with van der Waals surface area (Å²) in [5.41, 5.74) is -3.10. The van der Waals surface area contributed by atoms with Gasteiger partial charge in [0.1, 0.15) is 5.82 Å². The van der Waals surface area contributed by atoms with Crippen LogP contribution < -0.4 is 10.6 Å². The lowest BCUT2D eigenvalue weighted by Gasteiger charge is -2.30. The van der Waals surface area contributed by atoms with Gasteiger partial charge in [0.05, 0.1) is 6.04 Å². The van der Waals surface area contributed by atoms with Crippen molar-refractivity contribution >= 4 is 5.91 Å². The molecule has 1 amide bonds. The second-order valence-electron chi connectivity index (χ2n) is 5.41. The van der Waals surface area contributed by atoms with Crippen molar-refractivity contribution in [3.05, 3.63) is 18.2 Å². The molecule has 1 aromatic heterocycles. The van der Waals surface area contributed by atoms with Gasteiger partial charge in [0.2, 0.25) is 11.5 Å². The van der Waals surface area contributed by atoms with Gasteiger partial charge in [-0.15, -0.1) is 0 Å². The lowest BCUT2D eigenvalue weighted by molar-refractivity contribution is -0.272. The lowest BCUT2D eigenvalue weighted by atomic mass is 9.97. The molecular formula is C13H19F3N4O2. The average Bonchev–Trinajstić information content (AvgIpc) is 3.07. The zero-order chi connectivity index (χ0) is 16.4. The maximum absolute atomic E-state index is 13.2. The van der Waals surface area contributed by atoms with Gasteiger partial charge in [-0.3, -0.25) is 4.79 Å². The van der Waals surface area contributed by atoms with E-state index in [1.807, 2.05) is 0 Å². The Bertz CT molecular complexity index is 526. The second-order valence-corrected chi connectivity index (χ2v) is 5.41. The molecule has 1 fully saturated rings. The van der Waals surface area contributed by atoms with Crippen LogP contribution in [0.15, 0.2) is 12.4 Å². The third-order valence-electron chi connectivity index (χ3n) is 3.82. The number of alkyl halides is 3. The fraction of sp³-hybridized carbons (Fsp3) is 0.692. The molecule has 2 atom stereocenters. The van der Waals surface area contributed by atoms with Crippen LogP contribution in [-0.4, -0.2) is 45.9 Å². The molecule has 2 heterocycles. The van der Waals surface area contributed by atoms with Gasteiger partial charge in [-0.1, -0.05) is 0 Å². The fourth-order valence-electron chi connectivity index (χ4n) is 2.54. The molecule has 1 saturated heterocycles. The Morgan fingerprint density at radius 1 is 1.59 bits per heavy atom. The summed E-state index contributed by atoms with van der Waals surface area (Å²) in [6.45, 7) is 0.428. The first-order valence-corrected chi connectivity index (χ1v) is 7.04. The fourth-order valence-corrected chi connectivity index (χ4v) is 2.54. The highest BCUT2D eigenvalue weighted by Gasteiger charge is 2.57. The van der Waals surface area contributed by atoms with Crippen molar-refractivity contribution in [1.29, 1.82) is 0 Å². The van der Waals surface area contributed by atoms with Gasteiger partial charge in [0, 0.05) is 32.4 Å². The van der Waals surface area contributed by atoms with Crippen LogP contribution in [0.5, 0.6) is 0 Å². The Labute approximate surface area is 125 Å². The SMILES string of the molecule is Cn1ccnc1[C@@](O)(CCNC(=O)[C@@H]1CCCN1)C(F)(F)F. The van der Waals surface area contributed by atoms with E-state index in [4.69, 9.17) is 0 Å². The molecular weight excluding hydrogens is 301 g/mol. The molecule has 22 heavy (non-hydrogen) atoms. The topological polar surface area (TPSA) is 79.2 Å². The summed E-state index contributed by atoms with van der Waals surface area (Å²) in [6.07, 6.45) is -1.55. The van der Waals surface area contributed by atoms with Gasteiger partial charge in [-0.25, -0.2) is 4.98 Å². The normalized spacial score (nSPS) is 21.6. The van der Waals surface area contributed by atoms with Crippen LogP contribution >= 0.6 is 0 Å². The third kappa shape index (κ3) is 3.25. The molecule has 124 valence electrons. The van der Waals surface area contributed by atoms with Gasteiger partial charge < -0.3 is 20.3 Å². The molecule has 0 aromatic carbocycles. The Morgan fingerprint density at radius 3 is 2.82 bits per heavy atom. The molecule has 0 radical (unpaired) electrons. The maximum atomic E-state index is 13.2. The van der Waals surface area contributed by atoms with E-state index in [9.17, 15) is 23.1 Å². The van der Waals surface area contributed by atoms with E-state index in [0.29, 0.717) is 6.42 Å². The summed E-state index contributed by atoms with van der Waals surface area (Å²) >= 11 is 0. The number of aromatic nitrogens is 2. The van der Waals surface area contributed by atoms with Crippen molar-refractivity contribution in [2.45, 2.75) is 37.1 Å². The maximum Gasteiger partial charge on any atom is 0.424 e. The molecule has 3 N–H and O–H groups in total. The van der Waals surface area contributed by atoms with Crippen LogP contribution in [0.4, 0.5) is 13.2 Å². The lowest BCUT2D eigenvalue weighted by Crippen LogP contribution is -2.48. The molecule has 1 aliphatic rings. The number of carbonyl (C=O) groups is 1. The number of rotatable bonds is 5. The van der Waals surface area contributed by atoms with Crippen molar-refractivity contribution < 1.29 is 23.1 Å². The summed E-state index contributed by atoms with van der Waals surface area (Å²) in [7, 11) is 1.38. The Kier molecular flexibility index (Phi) is 4.76. The summed E-state index contributed by atoms with van der Waals surface area (Å²) in [6, 6.07) is -0.368. The van der Waals surface area contributed by atoms with E-state index < -0.39 is 24.0 Å². The number of hydrogen-bond acceptors (Lipinski definition) is 4. The highest BCUT2D eigenvalue weighted by Crippen LogP contribution is 2.40. The largest absolute Gasteiger partial charge is 0.424 e. The van der Waals surface area contributed by atoms with Gasteiger partial charge in [0.15, 0.2) is 0 Å². The van der Waals surface area contributed by atoms with Gasteiger partial charge >= 0.3 is 6.18 Å². The molecule has 2 rings (SSSR count). The van der Waals surface area contributed by atoms with Crippen LogP contribution in [0.2, 0.25) is 0 Å². The highest BCUT2D eigenvalue weighted by molar-refractivity contribution is 5.81.